The Kier molecular flexibility index (Phi) is 4.66. The fraction of sp³-hybridized carbons (Fsp3) is 0.533. The summed E-state index contributed by atoms with van der Waals surface area (Å²) in [5.41, 5.74) is 2.56. The first-order valence-electron chi connectivity index (χ1n) is 6.45. The molecule has 1 atom stereocenters. The Balaban J connectivity index is 1.81. The summed E-state index contributed by atoms with van der Waals surface area (Å²) in [4.78, 5) is 12.0. The average Bonchev–Trinajstić information content (AvgIpc) is 2.39. The molecule has 1 aromatic rings. The standard InChI is InChI=1S/C15H20OS/c1-12-5-7-13(8-6-12)9-10-14(16)15-4-2-3-11-17-15/h5-8,15H,2-4,9-11H2,1H3. The van der Waals surface area contributed by atoms with Crippen molar-refractivity contribution in [1.29, 1.82) is 0 Å². The summed E-state index contributed by atoms with van der Waals surface area (Å²) < 4.78 is 0. The summed E-state index contributed by atoms with van der Waals surface area (Å²) in [6.07, 6.45) is 5.22. The highest BCUT2D eigenvalue weighted by Gasteiger charge is 2.20. The lowest BCUT2D eigenvalue weighted by atomic mass is 10.0. The highest BCUT2D eigenvalue weighted by atomic mass is 32.2. The average molecular weight is 248 g/mol. The van der Waals surface area contributed by atoms with Gasteiger partial charge in [-0.25, -0.2) is 0 Å². The summed E-state index contributed by atoms with van der Waals surface area (Å²) in [7, 11) is 0. The molecule has 0 spiro atoms. The van der Waals surface area contributed by atoms with Gasteiger partial charge in [-0.3, -0.25) is 4.79 Å². The van der Waals surface area contributed by atoms with Crippen molar-refractivity contribution in [3.8, 4) is 0 Å². The highest BCUT2D eigenvalue weighted by Crippen LogP contribution is 2.26. The first kappa shape index (κ1) is 12.7. The molecule has 1 fully saturated rings. The van der Waals surface area contributed by atoms with Crippen LogP contribution in [0.2, 0.25) is 0 Å². The molecule has 0 bridgehead atoms. The summed E-state index contributed by atoms with van der Waals surface area (Å²) in [6, 6.07) is 8.51. The van der Waals surface area contributed by atoms with Gasteiger partial charge < -0.3 is 0 Å². The number of carbonyl (C=O) groups is 1. The van der Waals surface area contributed by atoms with Gasteiger partial charge in [0.2, 0.25) is 0 Å². The molecule has 0 amide bonds. The molecule has 2 rings (SSSR count). The molecule has 1 aliphatic rings. The topological polar surface area (TPSA) is 17.1 Å². The van der Waals surface area contributed by atoms with Crippen LogP contribution in [0.15, 0.2) is 24.3 Å². The van der Waals surface area contributed by atoms with E-state index in [-0.39, 0.29) is 5.25 Å². The number of hydrogen-bond donors (Lipinski definition) is 0. The zero-order valence-corrected chi connectivity index (χ0v) is 11.3. The lowest BCUT2D eigenvalue weighted by Crippen LogP contribution is -2.21. The lowest BCUT2D eigenvalue weighted by Gasteiger charge is -2.19. The van der Waals surface area contributed by atoms with Crippen molar-refractivity contribution < 1.29 is 4.79 Å². The zero-order chi connectivity index (χ0) is 12.1. The second kappa shape index (κ2) is 6.25. The molecule has 92 valence electrons. The normalized spacial score (nSPS) is 20.2. The van der Waals surface area contributed by atoms with Crippen LogP contribution in [0.25, 0.3) is 0 Å². The smallest absolute Gasteiger partial charge is 0.146 e. The van der Waals surface area contributed by atoms with Crippen LogP contribution in [0, 0.1) is 6.92 Å². The van der Waals surface area contributed by atoms with Crippen LogP contribution >= 0.6 is 11.8 Å². The van der Waals surface area contributed by atoms with Crippen LogP contribution in [0.5, 0.6) is 0 Å². The number of thioether (sulfide) groups is 1. The van der Waals surface area contributed by atoms with Gasteiger partial charge in [-0.1, -0.05) is 36.2 Å². The van der Waals surface area contributed by atoms with Gasteiger partial charge >= 0.3 is 0 Å². The number of rotatable bonds is 4. The van der Waals surface area contributed by atoms with E-state index < -0.39 is 0 Å². The third-order valence-corrected chi connectivity index (χ3v) is 4.74. The molecule has 1 saturated heterocycles. The van der Waals surface area contributed by atoms with Gasteiger partial charge in [0.05, 0.1) is 5.25 Å². The van der Waals surface area contributed by atoms with E-state index in [9.17, 15) is 4.79 Å². The van der Waals surface area contributed by atoms with Crippen LogP contribution in [0.1, 0.15) is 36.8 Å². The van der Waals surface area contributed by atoms with Crippen molar-refractivity contribution in [2.45, 2.75) is 44.3 Å². The first-order chi connectivity index (χ1) is 8.25. The third-order valence-electron chi connectivity index (χ3n) is 3.32. The Morgan fingerprint density at radius 1 is 1.29 bits per heavy atom. The predicted molar refractivity (Wildman–Crippen MR) is 74.6 cm³/mol. The summed E-state index contributed by atoms with van der Waals surface area (Å²) in [5.74, 6) is 1.62. The summed E-state index contributed by atoms with van der Waals surface area (Å²) >= 11 is 1.86. The molecule has 0 aliphatic carbocycles. The SMILES string of the molecule is Cc1ccc(CCC(=O)C2CCCCS2)cc1. The molecular formula is C15H20OS. The van der Waals surface area contributed by atoms with Crippen LogP contribution in [0.4, 0.5) is 0 Å². The lowest BCUT2D eigenvalue weighted by molar-refractivity contribution is -0.118. The number of Topliss-reactive ketones (excluding diaryl/α,β-unsaturated/α-hetero) is 1. The first-order valence-corrected chi connectivity index (χ1v) is 7.50. The molecule has 1 nitrogen and oxygen atoms in total. The molecule has 0 radical (unpaired) electrons. The highest BCUT2D eigenvalue weighted by molar-refractivity contribution is 8.00. The molecule has 0 saturated carbocycles. The monoisotopic (exact) mass is 248 g/mol. The molecule has 1 heterocycles. The van der Waals surface area contributed by atoms with E-state index in [1.807, 2.05) is 11.8 Å². The molecule has 2 heteroatoms. The maximum absolute atomic E-state index is 12.0. The minimum Gasteiger partial charge on any atom is -0.298 e. The summed E-state index contributed by atoms with van der Waals surface area (Å²) in [6.45, 7) is 2.09. The fourth-order valence-electron chi connectivity index (χ4n) is 2.18. The van der Waals surface area contributed by atoms with Gasteiger partial charge in [0.25, 0.3) is 0 Å². The Bertz CT molecular complexity index is 363. The van der Waals surface area contributed by atoms with Gasteiger partial charge in [-0.05, 0) is 37.5 Å². The largest absolute Gasteiger partial charge is 0.298 e. The van der Waals surface area contributed by atoms with Gasteiger partial charge in [0.1, 0.15) is 5.78 Å². The van der Waals surface area contributed by atoms with Gasteiger partial charge in [-0.2, -0.15) is 11.8 Å². The Morgan fingerprint density at radius 3 is 2.71 bits per heavy atom. The molecule has 1 unspecified atom stereocenters. The van der Waals surface area contributed by atoms with E-state index in [2.05, 4.69) is 31.2 Å². The molecule has 0 N–H and O–H groups in total. The second-order valence-corrected chi connectivity index (χ2v) is 6.12. The number of benzene rings is 1. The van der Waals surface area contributed by atoms with E-state index in [4.69, 9.17) is 0 Å². The number of carbonyl (C=O) groups excluding carboxylic acids is 1. The van der Waals surface area contributed by atoms with E-state index in [0.29, 0.717) is 12.2 Å². The van der Waals surface area contributed by atoms with Crippen LogP contribution < -0.4 is 0 Å². The van der Waals surface area contributed by atoms with Gasteiger partial charge in [0, 0.05) is 6.42 Å². The minimum atomic E-state index is 0.286. The number of aryl methyl sites for hydroxylation is 2. The van der Waals surface area contributed by atoms with E-state index >= 15 is 0 Å². The Hall–Kier alpha value is -0.760. The van der Waals surface area contributed by atoms with Crippen molar-refractivity contribution in [2.24, 2.45) is 0 Å². The van der Waals surface area contributed by atoms with E-state index in [1.165, 1.54) is 29.7 Å². The third kappa shape index (κ3) is 3.88. The van der Waals surface area contributed by atoms with Crippen LogP contribution in [-0.2, 0) is 11.2 Å². The Morgan fingerprint density at radius 2 is 2.06 bits per heavy atom. The van der Waals surface area contributed by atoms with E-state index in [0.717, 1.165) is 12.8 Å². The molecular weight excluding hydrogens is 228 g/mol. The van der Waals surface area contributed by atoms with Crippen molar-refractivity contribution >= 4 is 17.5 Å². The molecule has 0 aromatic heterocycles. The van der Waals surface area contributed by atoms with Crippen molar-refractivity contribution in [3.63, 3.8) is 0 Å². The fourth-order valence-corrected chi connectivity index (χ4v) is 3.47. The quantitative estimate of drug-likeness (QED) is 0.806. The maximum Gasteiger partial charge on any atom is 0.146 e. The van der Waals surface area contributed by atoms with Crippen LogP contribution in [0.3, 0.4) is 0 Å². The van der Waals surface area contributed by atoms with Gasteiger partial charge in [0.15, 0.2) is 0 Å². The number of ketones is 1. The zero-order valence-electron chi connectivity index (χ0n) is 10.4. The summed E-state index contributed by atoms with van der Waals surface area (Å²) in [5, 5.41) is 0.286. The molecule has 1 aromatic carbocycles. The second-order valence-electron chi connectivity index (χ2n) is 4.81. The maximum atomic E-state index is 12.0. The van der Waals surface area contributed by atoms with Crippen molar-refractivity contribution in [3.05, 3.63) is 35.4 Å². The minimum absolute atomic E-state index is 0.286. The molecule has 1 aliphatic heterocycles. The predicted octanol–water partition coefficient (Wildman–Crippen LogP) is 3.78. The van der Waals surface area contributed by atoms with E-state index in [1.54, 1.807) is 0 Å². The van der Waals surface area contributed by atoms with Crippen molar-refractivity contribution in [2.75, 3.05) is 5.75 Å². The molecule has 17 heavy (non-hydrogen) atoms. The van der Waals surface area contributed by atoms with Gasteiger partial charge in [-0.15, -0.1) is 0 Å². The Labute approximate surface area is 108 Å². The van der Waals surface area contributed by atoms with Crippen molar-refractivity contribution in [1.82, 2.24) is 0 Å². The van der Waals surface area contributed by atoms with Crippen LogP contribution in [-0.4, -0.2) is 16.8 Å². The number of hydrogen-bond acceptors (Lipinski definition) is 2.